The quantitative estimate of drug-likeness (QED) is 0.219. The Morgan fingerprint density at radius 3 is 2.20 bits per heavy atom. The number of hydrogen-bond acceptors (Lipinski definition) is 6. The molecule has 1 fully saturated rings. The van der Waals surface area contributed by atoms with Gasteiger partial charge in [0.05, 0.1) is 12.2 Å². The monoisotopic (exact) mass is 502 g/mol. The minimum atomic E-state index is -0.348. The highest BCUT2D eigenvalue weighted by atomic mass is 32.1. The van der Waals surface area contributed by atoms with E-state index < -0.39 is 0 Å². The topological polar surface area (TPSA) is 78.4 Å². The molecule has 0 spiro atoms. The van der Waals surface area contributed by atoms with Gasteiger partial charge < -0.3 is 14.9 Å². The molecule has 0 aromatic carbocycles. The first-order valence-corrected chi connectivity index (χ1v) is 14.8. The van der Waals surface area contributed by atoms with Crippen LogP contribution in [0.15, 0.2) is 22.8 Å². The van der Waals surface area contributed by atoms with Crippen LogP contribution in [0.1, 0.15) is 121 Å². The van der Waals surface area contributed by atoms with Gasteiger partial charge in [-0.15, -0.1) is 11.3 Å². The molecule has 3 heterocycles. The van der Waals surface area contributed by atoms with Crippen LogP contribution in [-0.4, -0.2) is 24.0 Å². The molecule has 1 unspecified atom stereocenters. The van der Waals surface area contributed by atoms with E-state index in [1.54, 1.807) is 6.26 Å². The van der Waals surface area contributed by atoms with Crippen LogP contribution in [0.5, 0.6) is 0 Å². The molecule has 1 atom stereocenters. The van der Waals surface area contributed by atoms with Crippen LogP contribution in [0.2, 0.25) is 0 Å². The molecule has 3 rings (SSSR count). The van der Waals surface area contributed by atoms with E-state index in [2.05, 4.69) is 18.8 Å². The summed E-state index contributed by atoms with van der Waals surface area (Å²) in [5.74, 6) is 0.828. The van der Waals surface area contributed by atoms with Crippen molar-refractivity contribution in [3.63, 3.8) is 0 Å². The summed E-state index contributed by atoms with van der Waals surface area (Å²) in [6, 6.07) is 3.76. The number of ether oxygens (including phenoxy) is 1. The van der Waals surface area contributed by atoms with Gasteiger partial charge in [0.25, 0.3) is 0 Å². The second-order valence-corrected chi connectivity index (χ2v) is 11.6. The van der Waals surface area contributed by atoms with Crippen LogP contribution in [0.3, 0.4) is 0 Å². The van der Waals surface area contributed by atoms with Gasteiger partial charge in [-0.3, -0.25) is 4.79 Å². The van der Waals surface area contributed by atoms with Crippen molar-refractivity contribution < 1.29 is 13.9 Å². The standard InChI is InChI=1S/C29H46N2O3S/c1-3-4-5-6-7-8-9-10-11-12-13-14-16-23(27(32)29(2)18-21-33-22-19-29)26-25(31-28(30)35-26)24-17-15-20-34-24/h15,17,20,23H,3-14,16,18-19,21-22H2,1-2H3,(H2,30,31). The van der Waals surface area contributed by atoms with Crippen LogP contribution >= 0.6 is 11.3 Å². The third kappa shape index (κ3) is 8.45. The number of hydrogen-bond donors (Lipinski definition) is 1. The lowest BCUT2D eigenvalue weighted by Gasteiger charge is -2.35. The largest absolute Gasteiger partial charge is 0.463 e. The van der Waals surface area contributed by atoms with Crippen molar-refractivity contribution in [2.75, 3.05) is 18.9 Å². The Balaban J connectivity index is 1.54. The number of ketones is 1. The number of carbonyl (C=O) groups excluding carboxylic acids is 1. The number of furan rings is 1. The van der Waals surface area contributed by atoms with Crippen LogP contribution < -0.4 is 5.73 Å². The van der Waals surface area contributed by atoms with Crippen LogP contribution in [0, 0.1) is 5.41 Å². The Bertz CT molecular complexity index is 855. The van der Waals surface area contributed by atoms with Gasteiger partial charge >= 0.3 is 0 Å². The number of rotatable bonds is 17. The van der Waals surface area contributed by atoms with Crippen molar-refractivity contribution in [1.29, 1.82) is 0 Å². The van der Waals surface area contributed by atoms with E-state index in [-0.39, 0.29) is 11.3 Å². The first-order chi connectivity index (χ1) is 17.0. The van der Waals surface area contributed by atoms with Gasteiger partial charge in [0.1, 0.15) is 11.5 Å². The van der Waals surface area contributed by atoms with Crippen LogP contribution in [0.4, 0.5) is 5.13 Å². The highest BCUT2D eigenvalue weighted by molar-refractivity contribution is 7.16. The van der Waals surface area contributed by atoms with Crippen molar-refractivity contribution >= 4 is 22.3 Å². The van der Waals surface area contributed by atoms with E-state index >= 15 is 0 Å². The molecule has 2 aromatic rings. The predicted octanol–water partition coefficient (Wildman–Crippen LogP) is 8.55. The number of aromatic nitrogens is 1. The third-order valence-corrected chi connectivity index (χ3v) is 8.59. The number of unbranched alkanes of at least 4 members (excludes halogenated alkanes) is 11. The molecular formula is C29H46N2O3S. The van der Waals surface area contributed by atoms with E-state index in [0.29, 0.717) is 29.9 Å². The maximum absolute atomic E-state index is 13.9. The van der Waals surface area contributed by atoms with Gasteiger partial charge in [0, 0.05) is 23.5 Å². The molecule has 2 aromatic heterocycles. The SMILES string of the molecule is CCCCCCCCCCCCCCC(C(=O)C1(C)CCOCC1)c1sc(N)nc1-c1ccco1. The molecule has 1 aliphatic heterocycles. The number of thiazole rings is 1. The second kappa shape index (κ2) is 14.8. The van der Waals surface area contributed by atoms with E-state index in [4.69, 9.17) is 14.9 Å². The van der Waals surface area contributed by atoms with Crippen molar-refractivity contribution in [1.82, 2.24) is 4.98 Å². The fourth-order valence-electron chi connectivity index (χ4n) is 5.23. The van der Waals surface area contributed by atoms with Gasteiger partial charge in [-0.25, -0.2) is 4.98 Å². The smallest absolute Gasteiger partial charge is 0.180 e. The summed E-state index contributed by atoms with van der Waals surface area (Å²) in [7, 11) is 0. The molecule has 5 nitrogen and oxygen atoms in total. The Morgan fingerprint density at radius 2 is 1.63 bits per heavy atom. The van der Waals surface area contributed by atoms with Crippen molar-refractivity contribution in [3.05, 3.63) is 23.3 Å². The van der Waals surface area contributed by atoms with Gasteiger partial charge in [-0.05, 0) is 31.4 Å². The van der Waals surface area contributed by atoms with E-state index in [1.165, 1.54) is 82.0 Å². The lowest BCUT2D eigenvalue weighted by molar-refractivity contribution is -0.134. The normalized spacial score (nSPS) is 16.4. The Hall–Kier alpha value is -1.66. The first kappa shape index (κ1) is 27.9. The van der Waals surface area contributed by atoms with Crippen molar-refractivity contribution in [2.45, 2.75) is 116 Å². The van der Waals surface area contributed by atoms with E-state index in [0.717, 1.165) is 36.3 Å². The number of carbonyl (C=O) groups is 1. The predicted molar refractivity (Wildman–Crippen MR) is 146 cm³/mol. The zero-order valence-corrected chi connectivity index (χ0v) is 22.8. The molecule has 1 saturated heterocycles. The minimum absolute atomic E-state index is 0.184. The average Bonchev–Trinajstić information content (AvgIpc) is 3.52. The fourth-order valence-corrected chi connectivity index (χ4v) is 6.21. The summed E-state index contributed by atoms with van der Waals surface area (Å²) in [5, 5.41) is 0.496. The Kier molecular flexibility index (Phi) is 11.8. The number of anilines is 1. The molecular weight excluding hydrogens is 456 g/mol. The molecule has 0 bridgehead atoms. The summed E-state index contributed by atoms with van der Waals surface area (Å²) in [5.41, 5.74) is 6.53. The molecule has 2 N–H and O–H groups in total. The van der Waals surface area contributed by atoms with Gasteiger partial charge in [0.2, 0.25) is 0 Å². The Labute approximate surface area is 216 Å². The summed E-state index contributed by atoms with van der Waals surface area (Å²) in [6.45, 7) is 5.70. The van der Waals surface area contributed by atoms with Gasteiger partial charge in [0.15, 0.2) is 10.9 Å². The zero-order valence-electron chi connectivity index (χ0n) is 22.0. The molecule has 1 aliphatic rings. The molecule has 0 saturated carbocycles. The van der Waals surface area contributed by atoms with E-state index in [1.807, 2.05) is 12.1 Å². The summed E-state index contributed by atoms with van der Waals surface area (Å²) < 4.78 is 11.2. The zero-order chi connectivity index (χ0) is 24.9. The van der Waals surface area contributed by atoms with Crippen LogP contribution in [-0.2, 0) is 9.53 Å². The lowest BCUT2D eigenvalue weighted by atomic mass is 9.72. The van der Waals surface area contributed by atoms with E-state index in [9.17, 15) is 4.79 Å². The number of Topliss-reactive ketones (excluding diaryl/α,β-unsaturated/α-hetero) is 1. The maximum atomic E-state index is 13.9. The third-order valence-electron chi connectivity index (χ3n) is 7.60. The lowest BCUT2D eigenvalue weighted by Crippen LogP contribution is -2.37. The fraction of sp³-hybridized carbons (Fsp3) is 0.724. The average molecular weight is 503 g/mol. The molecule has 0 radical (unpaired) electrons. The molecule has 0 aliphatic carbocycles. The number of nitrogens with two attached hydrogens (primary N) is 1. The molecule has 6 heteroatoms. The van der Waals surface area contributed by atoms with Gasteiger partial charge in [-0.1, -0.05) is 90.9 Å². The number of nitrogens with zero attached hydrogens (tertiary/aromatic N) is 1. The van der Waals surface area contributed by atoms with Gasteiger partial charge in [-0.2, -0.15) is 0 Å². The maximum Gasteiger partial charge on any atom is 0.180 e. The first-order valence-electron chi connectivity index (χ1n) is 14.0. The second-order valence-electron chi connectivity index (χ2n) is 10.5. The van der Waals surface area contributed by atoms with Crippen LogP contribution in [0.25, 0.3) is 11.5 Å². The molecule has 196 valence electrons. The molecule has 35 heavy (non-hydrogen) atoms. The Morgan fingerprint density at radius 1 is 1.03 bits per heavy atom. The van der Waals surface area contributed by atoms with Crippen molar-refractivity contribution in [3.8, 4) is 11.5 Å². The summed E-state index contributed by atoms with van der Waals surface area (Å²) in [4.78, 5) is 19.5. The summed E-state index contributed by atoms with van der Waals surface area (Å²) >= 11 is 1.45. The highest BCUT2D eigenvalue weighted by Gasteiger charge is 2.41. The number of nitrogen functional groups attached to an aromatic ring is 1. The van der Waals surface area contributed by atoms with Crippen molar-refractivity contribution in [2.24, 2.45) is 5.41 Å². The summed E-state index contributed by atoms with van der Waals surface area (Å²) in [6.07, 6.45) is 19.8. The minimum Gasteiger partial charge on any atom is -0.463 e. The molecule has 0 amide bonds. The highest BCUT2D eigenvalue weighted by Crippen LogP contribution is 2.44.